The fraction of sp³-hybridized carbons (Fsp3) is 0.467. The first-order valence-electron chi connectivity index (χ1n) is 6.79. The van der Waals surface area contributed by atoms with Crippen molar-refractivity contribution in [3.8, 4) is 0 Å². The van der Waals surface area contributed by atoms with Crippen molar-refractivity contribution in [2.75, 3.05) is 11.9 Å². The van der Waals surface area contributed by atoms with E-state index in [1.54, 1.807) is 19.1 Å². The molecule has 0 aliphatic carbocycles. The van der Waals surface area contributed by atoms with Crippen molar-refractivity contribution in [2.45, 2.75) is 33.6 Å². The summed E-state index contributed by atoms with van der Waals surface area (Å²) < 4.78 is 0. The summed E-state index contributed by atoms with van der Waals surface area (Å²) in [7, 11) is 0. The first kappa shape index (κ1) is 16.0. The van der Waals surface area contributed by atoms with Crippen molar-refractivity contribution in [3.05, 3.63) is 29.3 Å². The molecule has 3 N–H and O–H groups in total. The van der Waals surface area contributed by atoms with Gasteiger partial charge in [-0.25, -0.2) is 9.59 Å². The Bertz CT molecular complexity index is 484. The zero-order valence-electron chi connectivity index (χ0n) is 12.2. The third-order valence-electron chi connectivity index (χ3n) is 3.06. The molecule has 110 valence electrons. The number of aromatic carboxylic acids is 1. The third-order valence-corrected chi connectivity index (χ3v) is 3.06. The summed E-state index contributed by atoms with van der Waals surface area (Å²) >= 11 is 0. The summed E-state index contributed by atoms with van der Waals surface area (Å²) in [5, 5.41) is 14.5. The first-order valence-corrected chi connectivity index (χ1v) is 6.79. The van der Waals surface area contributed by atoms with Crippen LogP contribution in [0, 0.1) is 12.8 Å². The van der Waals surface area contributed by atoms with Gasteiger partial charge >= 0.3 is 12.0 Å². The summed E-state index contributed by atoms with van der Waals surface area (Å²) in [5.41, 5.74) is 1.27. The van der Waals surface area contributed by atoms with E-state index in [4.69, 9.17) is 5.11 Å². The summed E-state index contributed by atoms with van der Waals surface area (Å²) in [4.78, 5) is 22.7. The Hall–Kier alpha value is -2.04. The molecule has 0 radical (unpaired) electrons. The SMILES string of the molecule is Cc1c(NC(=O)NCCCC(C)C)cccc1C(=O)O. The van der Waals surface area contributed by atoms with E-state index >= 15 is 0 Å². The lowest BCUT2D eigenvalue weighted by Gasteiger charge is -2.11. The van der Waals surface area contributed by atoms with E-state index in [0.29, 0.717) is 23.7 Å². The van der Waals surface area contributed by atoms with Gasteiger partial charge in [-0.15, -0.1) is 0 Å². The maximum absolute atomic E-state index is 11.7. The number of rotatable bonds is 6. The fourth-order valence-corrected chi connectivity index (χ4v) is 1.88. The number of nitrogens with one attached hydrogen (secondary N) is 2. The van der Waals surface area contributed by atoms with Crippen molar-refractivity contribution in [1.29, 1.82) is 0 Å². The lowest BCUT2D eigenvalue weighted by atomic mass is 10.1. The van der Waals surface area contributed by atoms with Crippen molar-refractivity contribution >= 4 is 17.7 Å². The summed E-state index contributed by atoms with van der Waals surface area (Å²) in [5.74, 6) is -0.377. The number of anilines is 1. The molecule has 0 bridgehead atoms. The van der Waals surface area contributed by atoms with Crippen molar-refractivity contribution < 1.29 is 14.7 Å². The number of carbonyl (C=O) groups excluding carboxylic acids is 1. The van der Waals surface area contributed by atoms with Crippen LogP contribution < -0.4 is 10.6 Å². The number of hydrogen-bond donors (Lipinski definition) is 3. The number of amides is 2. The zero-order valence-corrected chi connectivity index (χ0v) is 12.2. The zero-order chi connectivity index (χ0) is 15.1. The van der Waals surface area contributed by atoms with Gasteiger partial charge in [-0.2, -0.15) is 0 Å². The van der Waals surface area contributed by atoms with Gasteiger partial charge in [0.15, 0.2) is 0 Å². The second-order valence-corrected chi connectivity index (χ2v) is 5.20. The average molecular weight is 278 g/mol. The monoisotopic (exact) mass is 278 g/mol. The van der Waals surface area contributed by atoms with Crippen molar-refractivity contribution in [1.82, 2.24) is 5.32 Å². The third kappa shape index (κ3) is 4.91. The van der Waals surface area contributed by atoms with Crippen LogP contribution in [-0.4, -0.2) is 23.7 Å². The molecular weight excluding hydrogens is 256 g/mol. The molecule has 20 heavy (non-hydrogen) atoms. The quantitative estimate of drug-likeness (QED) is 0.699. The molecule has 1 rings (SSSR count). The minimum atomic E-state index is -0.997. The summed E-state index contributed by atoms with van der Waals surface area (Å²) in [6, 6.07) is 4.52. The second kappa shape index (κ2) is 7.53. The van der Waals surface area contributed by atoms with Crippen molar-refractivity contribution in [3.63, 3.8) is 0 Å². The molecule has 5 heteroatoms. The largest absolute Gasteiger partial charge is 0.478 e. The Kier molecular flexibility index (Phi) is 6.03. The molecule has 2 amide bonds. The first-order chi connectivity index (χ1) is 9.41. The highest BCUT2D eigenvalue weighted by Crippen LogP contribution is 2.18. The van der Waals surface area contributed by atoms with E-state index in [9.17, 15) is 9.59 Å². The van der Waals surface area contributed by atoms with Gasteiger partial charge in [-0.3, -0.25) is 0 Å². The van der Waals surface area contributed by atoms with E-state index in [1.807, 2.05) is 0 Å². The van der Waals surface area contributed by atoms with Crippen LogP contribution in [-0.2, 0) is 0 Å². The molecular formula is C15H22N2O3. The maximum Gasteiger partial charge on any atom is 0.336 e. The van der Waals surface area contributed by atoms with Gasteiger partial charge in [0.05, 0.1) is 5.56 Å². The molecule has 0 aromatic heterocycles. The van der Waals surface area contributed by atoms with Crippen LogP contribution in [0.5, 0.6) is 0 Å². The minimum absolute atomic E-state index is 0.197. The molecule has 0 aliphatic heterocycles. The Balaban J connectivity index is 2.54. The van der Waals surface area contributed by atoms with Crippen LogP contribution >= 0.6 is 0 Å². The lowest BCUT2D eigenvalue weighted by Crippen LogP contribution is -2.30. The molecule has 0 aliphatic rings. The van der Waals surface area contributed by atoms with E-state index < -0.39 is 5.97 Å². The molecule has 0 heterocycles. The van der Waals surface area contributed by atoms with Gasteiger partial charge in [-0.05, 0) is 43.4 Å². The topological polar surface area (TPSA) is 78.4 Å². The molecule has 0 spiro atoms. The lowest BCUT2D eigenvalue weighted by molar-refractivity contribution is 0.0696. The van der Waals surface area contributed by atoms with Crippen molar-refractivity contribution in [2.24, 2.45) is 5.92 Å². The molecule has 0 saturated carbocycles. The van der Waals surface area contributed by atoms with Gasteiger partial charge in [0.2, 0.25) is 0 Å². The Morgan fingerprint density at radius 2 is 2.00 bits per heavy atom. The van der Waals surface area contributed by atoms with Gasteiger partial charge < -0.3 is 15.7 Å². The number of urea groups is 1. The highest BCUT2D eigenvalue weighted by atomic mass is 16.4. The number of carboxylic acids is 1. The standard InChI is InChI=1S/C15H22N2O3/c1-10(2)6-5-9-16-15(20)17-13-8-4-7-12(11(13)3)14(18)19/h4,7-8,10H,5-6,9H2,1-3H3,(H,18,19)(H2,16,17,20). The maximum atomic E-state index is 11.7. The molecule has 5 nitrogen and oxygen atoms in total. The van der Waals surface area contributed by atoms with Gasteiger partial charge in [0.25, 0.3) is 0 Å². The van der Waals surface area contributed by atoms with E-state index in [-0.39, 0.29) is 11.6 Å². The van der Waals surface area contributed by atoms with Crippen LogP contribution in [0.2, 0.25) is 0 Å². The molecule has 0 atom stereocenters. The van der Waals surface area contributed by atoms with Gasteiger partial charge in [0, 0.05) is 12.2 Å². The highest BCUT2D eigenvalue weighted by molar-refractivity contribution is 5.95. The number of carbonyl (C=O) groups is 2. The van der Waals surface area contributed by atoms with Gasteiger partial charge in [-0.1, -0.05) is 19.9 Å². The van der Waals surface area contributed by atoms with Crippen LogP contribution in [0.3, 0.4) is 0 Å². The Labute approximate surface area is 119 Å². The minimum Gasteiger partial charge on any atom is -0.478 e. The Morgan fingerprint density at radius 1 is 1.30 bits per heavy atom. The molecule has 1 aromatic carbocycles. The van der Waals surface area contributed by atoms with Crippen LogP contribution in [0.15, 0.2) is 18.2 Å². The van der Waals surface area contributed by atoms with Crippen LogP contribution in [0.1, 0.15) is 42.6 Å². The number of carboxylic acid groups (broad SMARTS) is 1. The van der Waals surface area contributed by atoms with Crippen LogP contribution in [0.25, 0.3) is 0 Å². The predicted octanol–water partition coefficient (Wildman–Crippen LogP) is 3.25. The molecule has 1 aromatic rings. The number of hydrogen-bond acceptors (Lipinski definition) is 2. The predicted molar refractivity (Wildman–Crippen MR) is 79.2 cm³/mol. The molecule has 0 unspecified atom stereocenters. The summed E-state index contributed by atoms with van der Waals surface area (Å²) in [6.07, 6.45) is 1.99. The molecule has 0 saturated heterocycles. The Morgan fingerprint density at radius 3 is 2.60 bits per heavy atom. The normalized spacial score (nSPS) is 10.4. The average Bonchev–Trinajstić information content (AvgIpc) is 2.36. The van der Waals surface area contributed by atoms with E-state index in [0.717, 1.165) is 12.8 Å². The smallest absolute Gasteiger partial charge is 0.336 e. The highest BCUT2D eigenvalue weighted by Gasteiger charge is 2.11. The number of benzene rings is 1. The van der Waals surface area contributed by atoms with Crippen LogP contribution in [0.4, 0.5) is 10.5 Å². The summed E-state index contributed by atoms with van der Waals surface area (Å²) in [6.45, 7) is 6.57. The second-order valence-electron chi connectivity index (χ2n) is 5.20. The molecule has 0 fully saturated rings. The van der Waals surface area contributed by atoms with E-state index in [1.165, 1.54) is 6.07 Å². The van der Waals surface area contributed by atoms with Gasteiger partial charge in [0.1, 0.15) is 0 Å². The fourth-order valence-electron chi connectivity index (χ4n) is 1.88. The van der Waals surface area contributed by atoms with E-state index in [2.05, 4.69) is 24.5 Å².